The fraction of sp³-hybridized carbons (Fsp3) is 0.529. The topological polar surface area (TPSA) is 61.4 Å². The van der Waals surface area contributed by atoms with Crippen LogP contribution in [0.1, 0.15) is 32.4 Å². The minimum Gasteiger partial charge on any atom is -0.353 e. The van der Waals surface area contributed by atoms with Crippen molar-refractivity contribution in [2.24, 2.45) is 5.41 Å². The van der Waals surface area contributed by atoms with E-state index in [1.807, 2.05) is 25.1 Å². The minimum absolute atomic E-state index is 0.0700. The van der Waals surface area contributed by atoms with Gasteiger partial charge in [-0.3, -0.25) is 9.59 Å². The van der Waals surface area contributed by atoms with Gasteiger partial charge in [0.25, 0.3) is 0 Å². The Kier molecular flexibility index (Phi) is 6.69. The smallest absolute Gasteiger partial charge is 0.239 e. The highest BCUT2D eigenvalue weighted by Gasteiger charge is 2.22. The molecule has 0 heterocycles. The molecule has 128 valence electrons. The Balaban J connectivity index is 2.56. The molecule has 0 aliphatic rings. The number of halogens is 1. The molecule has 0 radical (unpaired) electrons. The first-order valence-electron chi connectivity index (χ1n) is 7.58. The highest BCUT2D eigenvalue weighted by atomic mass is 19.1. The van der Waals surface area contributed by atoms with Gasteiger partial charge in [-0.25, -0.2) is 4.39 Å². The van der Waals surface area contributed by atoms with Crippen LogP contribution in [0.4, 0.5) is 4.39 Å². The fourth-order valence-corrected chi connectivity index (χ4v) is 2.01. The molecule has 0 aliphatic heterocycles. The Bertz CT molecular complexity index is 553. The van der Waals surface area contributed by atoms with Gasteiger partial charge in [0.1, 0.15) is 5.82 Å². The molecule has 0 saturated heterocycles. The lowest BCUT2D eigenvalue weighted by Gasteiger charge is -2.25. The highest BCUT2D eigenvalue weighted by molar-refractivity contribution is 5.87. The molecule has 0 aromatic heterocycles. The largest absolute Gasteiger partial charge is 0.353 e. The Morgan fingerprint density at radius 1 is 1.22 bits per heavy atom. The van der Waals surface area contributed by atoms with Crippen LogP contribution in [0, 0.1) is 11.2 Å². The average molecular weight is 323 g/mol. The van der Waals surface area contributed by atoms with E-state index in [0.29, 0.717) is 6.54 Å². The van der Waals surface area contributed by atoms with Crippen molar-refractivity contribution in [2.45, 2.75) is 26.8 Å². The number of hydrogen-bond acceptors (Lipinski definition) is 3. The number of likely N-dealkylation sites (N-methyl/N-ethyl adjacent to an activating group) is 1. The summed E-state index contributed by atoms with van der Waals surface area (Å²) in [5.41, 5.74) is 0.252. The molecular formula is C17H26FN3O2. The van der Waals surface area contributed by atoms with Gasteiger partial charge in [0.15, 0.2) is 0 Å². The van der Waals surface area contributed by atoms with Gasteiger partial charge in [-0.1, -0.05) is 32.9 Å². The van der Waals surface area contributed by atoms with Gasteiger partial charge in [0.05, 0.1) is 12.6 Å². The summed E-state index contributed by atoms with van der Waals surface area (Å²) in [4.78, 5) is 25.5. The van der Waals surface area contributed by atoms with E-state index in [1.54, 1.807) is 26.8 Å². The predicted molar refractivity (Wildman–Crippen MR) is 88.3 cm³/mol. The van der Waals surface area contributed by atoms with Gasteiger partial charge in [0, 0.05) is 12.0 Å². The van der Waals surface area contributed by atoms with Crippen molar-refractivity contribution >= 4 is 11.8 Å². The molecule has 0 saturated carbocycles. The number of amides is 2. The van der Waals surface area contributed by atoms with E-state index >= 15 is 0 Å². The minimum atomic E-state index is -0.534. The summed E-state index contributed by atoms with van der Waals surface area (Å²) in [6.07, 6.45) is 0. The van der Waals surface area contributed by atoms with Crippen molar-refractivity contribution in [3.8, 4) is 0 Å². The van der Waals surface area contributed by atoms with Crippen LogP contribution in [0.2, 0.25) is 0 Å². The fourth-order valence-electron chi connectivity index (χ4n) is 2.01. The summed E-state index contributed by atoms with van der Waals surface area (Å²) >= 11 is 0. The van der Waals surface area contributed by atoms with Crippen molar-refractivity contribution in [1.29, 1.82) is 0 Å². The summed E-state index contributed by atoms with van der Waals surface area (Å²) in [6.45, 7) is 5.62. The first kappa shape index (κ1) is 19.1. The molecule has 1 aromatic rings. The van der Waals surface area contributed by atoms with Crippen LogP contribution in [0.3, 0.4) is 0 Å². The van der Waals surface area contributed by atoms with E-state index in [1.165, 1.54) is 12.1 Å². The third-order valence-electron chi connectivity index (χ3n) is 3.44. The van der Waals surface area contributed by atoms with Crippen LogP contribution < -0.4 is 10.6 Å². The number of carbonyl (C=O) groups is 2. The monoisotopic (exact) mass is 323 g/mol. The number of rotatable bonds is 6. The van der Waals surface area contributed by atoms with E-state index in [9.17, 15) is 14.0 Å². The molecule has 2 amide bonds. The maximum absolute atomic E-state index is 13.4. The van der Waals surface area contributed by atoms with Crippen molar-refractivity contribution in [2.75, 3.05) is 27.2 Å². The SMILES string of the molecule is CN(C)C(CNC(=O)CNC(=O)C(C)(C)C)c1cccc(F)c1. The summed E-state index contributed by atoms with van der Waals surface area (Å²) in [7, 11) is 3.73. The zero-order chi connectivity index (χ0) is 17.6. The van der Waals surface area contributed by atoms with E-state index in [0.717, 1.165) is 5.56 Å². The van der Waals surface area contributed by atoms with Crippen LogP contribution in [-0.2, 0) is 9.59 Å². The van der Waals surface area contributed by atoms with Crippen molar-refractivity contribution in [3.63, 3.8) is 0 Å². The second kappa shape index (κ2) is 8.06. The van der Waals surface area contributed by atoms with Crippen molar-refractivity contribution < 1.29 is 14.0 Å². The molecule has 1 aromatic carbocycles. The van der Waals surface area contributed by atoms with Gasteiger partial charge < -0.3 is 15.5 Å². The zero-order valence-corrected chi connectivity index (χ0v) is 14.4. The standard InChI is InChI=1S/C17H26FN3O2/c1-17(2,3)16(23)20-11-15(22)19-10-14(21(4)5)12-7-6-8-13(18)9-12/h6-9,14H,10-11H2,1-5H3,(H,19,22)(H,20,23). The molecule has 5 nitrogen and oxygen atoms in total. The summed E-state index contributed by atoms with van der Waals surface area (Å²) in [5.74, 6) is -0.758. The normalized spacial score (nSPS) is 12.8. The lowest BCUT2D eigenvalue weighted by atomic mass is 9.96. The van der Waals surface area contributed by atoms with Crippen LogP contribution >= 0.6 is 0 Å². The number of nitrogens with zero attached hydrogens (tertiary/aromatic N) is 1. The van der Waals surface area contributed by atoms with Gasteiger partial charge in [-0.15, -0.1) is 0 Å². The van der Waals surface area contributed by atoms with Gasteiger partial charge in [0.2, 0.25) is 11.8 Å². The Morgan fingerprint density at radius 3 is 2.39 bits per heavy atom. The van der Waals surface area contributed by atoms with Crippen LogP contribution in [0.15, 0.2) is 24.3 Å². The Labute approximate surface area is 137 Å². The molecule has 2 N–H and O–H groups in total. The molecule has 0 spiro atoms. The number of benzene rings is 1. The molecule has 1 rings (SSSR count). The maximum atomic E-state index is 13.4. The Morgan fingerprint density at radius 2 is 1.87 bits per heavy atom. The molecule has 1 atom stereocenters. The average Bonchev–Trinajstić information content (AvgIpc) is 2.43. The van der Waals surface area contributed by atoms with E-state index < -0.39 is 5.41 Å². The van der Waals surface area contributed by atoms with E-state index in [2.05, 4.69) is 10.6 Å². The zero-order valence-electron chi connectivity index (χ0n) is 14.4. The third kappa shape index (κ3) is 6.36. The number of nitrogens with one attached hydrogen (secondary N) is 2. The molecule has 0 aliphatic carbocycles. The van der Waals surface area contributed by atoms with E-state index in [4.69, 9.17) is 0 Å². The van der Waals surface area contributed by atoms with Gasteiger partial charge in [-0.2, -0.15) is 0 Å². The quantitative estimate of drug-likeness (QED) is 0.838. The second-order valence-corrected chi connectivity index (χ2v) is 6.77. The van der Waals surface area contributed by atoms with Gasteiger partial charge in [-0.05, 0) is 31.8 Å². The van der Waals surface area contributed by atoms with Crippen LogP contribution in [0.5, 0.6) is 0 Å². The molecule has 0 bridgehead atoms. The summed E-state index contributed by atoms with van der Waals surface area (Å²) in [5, 5.41) is 5.37. The summed E-state index contributed by atoms with van der Waals surface area (Å²) in [6, 6.07) is 6.16. The molecule has 23 heavy (non-hydrogen) atoms. The van der Waals surface area contributed by atoms with E-state index in [-0.39, 0.29) is 30.2 Å². The first-order valence-corrected chi connectivity index (χ1v) is 7.58. The third-order valence-corrected chi connectivity index (χ3v) is 3.44. The highest BCUT2D eigenvalue weighted by Crippen LogP contribution is 2.18. The molecular weight excluding hydrogens is 297 g/mol. The van der Waals surface area contributed by atoms with Crippen LogP contribution in [-0.4, -0.2) is 43.9 Å². The summed E-state index contributed by atoms with van der Waals surface area (Å²) < 4.78 is 13.4. The first-order chi connectivity index (χ1) is 10.6. The maximum Gasteiger partial charge on any atom is 0.239 e. The van der Waals surface area contributed by atoms with Gasteiger partial charge >= 0.3 is 0 Å². The second-order valence-electron chi connectivity index (χ2n) is 6.77. The lowest BCUT2D eigenvalue weighted by molar-refractivity contribution is -0.131. The van der Waals surface area contributed by atoms with Crippen molar-refractivity contribution in [1.82, 2.24) is 15.5 Å². The molecule has 1 unspecified atom stereocenters. The number of carbonyl (C=O) groups excluding carboxylic acids is 2. The Hall–Kier alpha value is -1.95. The lowest BCUT2D eigenvalue weighted by Crippen LogP contribution is -2.43. The molecule has 6 heteroatoms. The molecule has 0 fully saturated rings. The number of hydrogen-bond donors (Lipinski definition) is 2. The predicted octanol–water partition coefficient (Wildman–Crippen LogP) is 1.71. The van der Waals surface area contributed by atoms with Crippen molar-refractivity contribution in [3.05, 3.63) is 35.6 Å². The van der Waals surface area contributed by atoms with Crippen LogP contribution in [0.25, 0.3) is 0 Å².